The summed E-state index contributed by atoms with van der Waals surface area (Å²) in [5.41, 5.74) is 0.0342. The Kier molecular flexibility index (Phi) is 1.24. The van der Waals surface area contributed by atoms with E-state index >= 15 is 0 Å². The first-order chi connectivity index (χ1) is 17.9. The fraction of sp³-hybridized carbons (Fsp3) is 0.400. The molecule has 0 spiro atoms. The molecule has 1 aromatic rings. The Labute approximate surface area is 163 Å². The van der Waals surface area contributed by atoms with Gasteiger partial charge in [-0.05, 0) is 30.9 Å². The Bertz CT molecular complexity index is 1540. The first kappa shape index (κ1) is 5.32. The van der Waals surface area contributed by atoms with Crippen LogP contribution in [-0.4, -0.2) is 31.0 Å². The predicted molar refractivity (Wildman–Crippen MR) is 96.3 cm³/mol. The van der Waals surface area contributed by atoms with Crippen molar-refractivity contribution in [2.24, 2.45) is 0 Å². The SMILES string of the molecule is [2H]C1([2H])N(c2ccc3nc4ccc(=[N+]5C([2H])([2H])C([2H])([2H])C([2H])([2H])C5([2H])[2H])cc-4oc3c2)C([2H])([2H])C([2H])([2H])C1([2H])[2H]. The van der Waals surface area contributed by atoms with E-state index in [1.807, 2.05) is 0 Å². The van der Waals surface area contributed by atoms with Gasteiger partial charge in [-0.15, -0.1) is 0 Å². The maximum Gasteiger partial charge on any atom is 0.203 e. The zero-order valence-electron chi connectivity index (χ0n) is 28.2. The van der Waals surface area contributed by atoms with Gasteiger partial charge in [0.25, 0.3) is 0 Å². The van der Waals surface area contributed by atoms with E-state index in [4.69, 9.17) is 26.3 Å². The van der Waals surface area contributed by atoms with Gasteiger partial charge in [0.05, 0.1) is 6.07 Å². The highest BCUT2D eigenvalue weighted by molar-refractivity contribution is 5.80. The van der Waals surface area contributed by atoms with Crippen LogP contribution in [-0.2, 0) is 0 Å². The summed E-state index contributed by atoms with van der Waals surface area (Å²) in [5, 5.41) is -0.262. The third-order valence-electron chi connectivity index (χ3n) is 3.66. The number of aromatic nitrogens is 1. The van der Waals surface area contributed by atoms with Crippen molar-refractivity contribution in [3.63, 3.8) is 0 Å². The molecule has 0 saturated carbocycles. The van der Waals surface area contributed by atoms with Gasteiger partial charge in [-0.3, -0.25) is 0 Å². The Morgan fingerprint density at radius 1 is 1.00 bits per heavy atom. The molecule has 0 aromatic heterocycles. The summed E-state index contributed by atoms with van der Waals surface area (Å²) in [5.74, 6) is -0.0834. The molecule has 24 heavy (non-hydrogen) atoms. The molecule has 5 rings (SSSR count). The van der Waals surface area contributed by atoms with E-state index in [-0.39, 0.29) is 33.6 Å². The van der Waals surface area contributed by atoms with Gasteiger partial charge in [-0.2, -0.15) is 0 Å². The van der Waals surface area contributed by atoms with Gasteiger partial charge in [0.2, 0.25) is 5.36 Å². The minimum atomic E-state index is -3.25. The van der Waals surface area contributed by atoms with Crippen molar-refractivity contribution in [3.05, 3.63) is 41.8 Å². The van der Waals surface area contributed by atoms with Crippen LogP contribution in [0.1, 0.15) is 47.4 Å². The Morgan fingerprint density at radius 3 is 2.67 bits per heavy atom. The lowest BCUT2D eigenvalue weighted by Gasteiger charge is -2.17. The van der Waals surface area contributed by atoms with Gasteiger partial charge in [0.1, 0.15) is 29.7 Å². The van der Waals surface area contributed by atoms with E-state index in [1.54, 1.807) is 0 Å². The molecule has 0 amide bonds. The van der Waals surface area contributed by atoms with E-state index in [1.165, 1.54) is 24.3 Å². The molecule has 0 N–H and O–H groups in total. The van der Waals surface area contributed by atoms with Crippen molar-refractivity contribution in [1.82, 2.24) is 9.56 Å². The summed E-state index contributed by atoms with van der Waals surface area (Å²) in [6.07, 6.45) is -13.0. The van der Waals surface area contributed by atoms with Crippen molar-refractivity contribution in [1.29, 1.82) is 0 Å². The molecule has 0 unspecified atom stereocenters. The number of hydrogen-bond donors (Lipinski definition) is 0. The third kappa shape index (κ3) is 2.37. The van der Waals surface area contributed by atoms with Crippen molar-refractivity contribution in [2.45, 2.75) is 25.5 Å². The topological polar surface area (TPSA) is 32.3 Å². The third-order valence-corrected chi connectivity index (χ3v) is 3.66. The van der Waals surface area contributed by atoms with Crippen LogP contribution in [0.25, 0.3) is 22.6 Å². The lowest BCUT2D eigenvalue weighted by molar-refractivity contribution is 0.608. The van der Waals surface area contributed by atoms with E-state index in [0.29, 0.717) is 9.48 Å². The minimum absolute atomic E-state index is 0.0834. The van der Waals surface area contributed by atoms with Crippen LogP contribution in [0, 0.1) is 0 Å². The van der Waals surface area contributed by atoms with Crippen LogP contribution in [0.5, 0.6) is 0 Å². The van der Waals surface area contributed by atoms with E-state index in [2.05, 4.69) is 4.98 Å². The van der Waals surface area contributed by atoms with Crippen LogP contribution in [0.3, 0.4) is 0 Å². The van der Waals surface area contributed by atoms with Crippen LogP contribution in [0.2, 0.25) is 0 Å². The summed E-state index contributed by atoms with van der Waals surface area (Å²) in [4.78, 5) is 4.73. The second-order valence-electron chi connectivity index (χ2n) is 5.14. The quantitative estimate of drug-likeness (QED) is 0.506. The molecular weight excluding hydrogens is 298 g/mol. The summed E-state index contributed by atoms with van der Waals surface area (Å²) in [7, 11) is 0. The van der Waals surface area contributed by atoms with Crippen molar-refractivity contribution < 1.29 is 26.3 Å². The fourth-order valence-electron chi connectivity index (χ4n) is 2.53. The van der Waals surface area contributed by atoms with E-state index < -0.39 is 51.5 Å². The maximum absolute atomic E-state index is 8.25. The van der Waals surface area contributed by atoms with Crippen molar-refractivity contribution >= 4 is 16.8 Å². The van der Waals surface area contributed by atoms with E-state index in [9.17, 15) is 0 Å². The van der Waals surface area contributed by atoms with Crippen molar-refractivity contribution in [3.8, 4) is 11.5 Å². The van der Waals surface area contributed by atoms with E-state index in [0.717, 1.165) is 12.1 Å². The first-order valence-electron chi connectivity index (χ1n) is 15.2. The highest BCUT2D eigenvalue weighted by Crippen LogP contribution is 2.28. The Morgan fingerprint density at radius 2 is 1.83 bits per heavy atom. The Balaban J connectivity index is 1.74. The second kappa shape index (κ2) is 5.62. The summed E-state index contributed by atoms with van der Waals surface area (Å²) in [6, 6.07) is 7.39. The largest absolute Gasteiger partial charge is 0.452 e. The Hall–Kier alpha value is -2.36. The number of hydrogen-bond acceptors (Lipinski definition) is 3. The number of benzene rings is 2. The normalized spacial score (nSPS) is 44.8. The number of fused-ring (bicyclic) bond motifs is 2. The van der Waals surface area contributed by atoms with Gasteiger partial charge in [-0.1, -0.05) is 0 Å². The molecule has 1 aromatic carbocycles. The molecule has 3 aliphatic heterocycles. The molecule has 0 radical (unpaired) electrons. The first-order valence-corrected chi connectivity index (χ1v) is 7.17. The molecule has 3 heterocycles. The number of rotatable bonds is 1. The fourth-order valence-corrected chi connectivity index (χ4v) is 2.53. The molecule has 4 nitrogen and oxygen atoms in total. The van der Waals surface area contributed by atoms with Gasteiger partial charge in [0.15, 0.2) is 11.3 Å². The van der Waals surface area contributed by atoms with Gasteiger partial charge >= 0.3 is 0 Å². The zero-order chi connectivity index (χ0) is 30.3. The van der Waals surface area contributed by atoms with Gasteiger partial charge < -0.3 is 9.32 Å². The molecule has 4 heteroatoms. The molecule has 0 atom stereocenters. The maximum atomic E-state index is 8.25. The molecule has 122 valence electrons. The number of anilines is 1. The van der Waals surface area contributed by atoms with Crippen LogP contribution >= 0.6 is 0 Å². The average molecular weight is 337 g/mol. The van der Waals surface area contributed by atoms with Crippen LogP contribution in [0.15, 0.2) is 40.8 Å². The molecule has 4 aliphatic rings. The van der Waals surface area contributed by atoms with Crippen molar-refractivity contribution in [2.75, 3.05) is 30.9 Å². The lowest BCUT2D eigenvalue weighted by Crippen LogP contribution is -2.26. The second-order valence-corrected chi connectivity index (χ2v) is 5.14. The van der Waals surface area contributed by atoms with Gasteiger partial charge in [0, 0.05) is 60.0 Å². The summed E-state index contributed by atoms with van der Waals surface area (Å²) in [6.45, 7) is -12.5. The number of nitrogens with zero attached hydrogens (tertiary/aromatic N) is 3. The molecule has 0 bridgehead atoms. The zero-order valence-corrected chi connectivity index (χ0v) is 12.2. The molecule has 1 aliphatic carbocycles. The highest BCUT2D eigenvalue weighted by atomic mass is 16.3. The standard InChI is InChI=1S/C20H22N3O/c1-2-10-22(9-1)15-5-7-17-19(13-15)24-20-14-16(6-8-18(20)21-17)23-11-3-4-12-23/h5-8,13-14H,1-4,9-12H2/q+1/i1D2,2D2,3D2,4D2,9D2,10D2,11D2,12D2. The minimum Gasteiger partial charge on any atom is -0.452 e. The van der Waals surface area contributed by atoms with Gasteiger partial charge in [-0.25, -0.2) is 9.56 Å². The van der Waals surface area contributed by atoms with Crippen LogP contribution in [0.4, 0.5) is 5.69 Å². The molecule has 2 saturated heterocycles. The predicted octanol–water partition coefficient (Wildman–Crippen LogP) is 3.10. The summed E-state index contributed by atoms with van der Waals surface area (Å²) < 4.78 is 136. The smallest absolute Gasteiger partial charge is 0.203 e. The monoisotopic (exact) mass is 336 g/mol. The molecular formula is C20H22N3O+. The summed E-state index contributed by atoms with van der Waals surface area (Å²) >= 11 is 0. The highest BCUT2D eigenvalue weighted by Gasteiger charge is 2.17. The molecule has 2 fully saturated rings. The average Bonchev–Trinajstić information content (AvgIpc) is 2.93. The van der Waals surface area contributed by atoms with Crippen LogP contribution < -0.4 is 14.8 Å². The lowest BCUT2D eigenvalue weighted by atomic mass is 10.2.